The maximum Gasteiger partial charge on any atom is 0.270 e. The molecule has 3 aromatic rings. The number of ether oxygens (including phenoxy) is 1. The molecule has 0 radical (unpaired) electrons. The van der Waals surface area contributed by atoms with Gasteiger partial charge in [-0.1, -0.05) is 30.3 Å². The minimum Gasteiger partial charge on any atom is -0.466 e. The highest BCUT2D eigenvalue weighted by molar-refractivity contribution is 6.08. The quantitative estimate of drug-likeness (QED) is 0.615. The SMILES string of the molecule is CN1CC(=O)N2Cc3c(c4ccccc4n3C3CN(C)c4ccccc4O3)C=C2C1=O. The Kier molecular flexibility index (Phi) is 3.72. The van der Waals surface area contributed by atoms with Crippen molar-refractivity contribution < 1.29 is 14.3 Å². The minimum atomic E-state index is -0.248. The number of para-hydroxylation sites is 3. The number of amides is 2. The number of benzene rings is 2. The van der Waals surface area contributed by atoms with E-state index in [9.17, 15) is 9.59 Å². The Morgan fingerprint density at radius 1 is 0.935 bits per heavy atom. The molecule has 6 rings (SSSR count). The summed E-state index contributed by atoms with van der Waals surface area (Å²) in [4.78, 5) is 30.8. The molecule has 1 atom stereocenters. The zero-order chi connectivity index (χ0) is 21.3. The van der Waals surface area contributed by atoms with Crippen molar-refractivity contribution in [3.05, 3.63) is 65.5 Å². The van der Waals surface area contributed by atoms with Gasteiger partial charge in [0.2, 0.25) is 5.91 Å². The number of anilines is 1. The molecule has 1 fully saturated rings. The largest absolute Gasteiger partial charge is 0.466 e. The summed E-state index contributed by atoms with van der Waals surface area (Å²) < 4.78 is 8.64. The van der Waals surface area contributed by atoms with E-state index >= 15 is 0 Å². The lowest BCUT2D eigenvalue weighted by atomic mass is 10.0. The minimum absolute atomic E-state index is 0.0668. The Morgan fingerprint density at radius 3 is 2.58 bits per heavy atom. The summed E-state index contributed by atoms with van der Waals surface area (Å²) in [7, 11) is 3.73. The number of rotatable bonds is 1. The molecule has 31 heavy (non-hydrogen) atoms. The van der Waals surface area contributed by atoms with Crippen molar-refractivity contribution in [3.63, 3.8) is 0 Å². The third-order valence-electron chi connectivity index (χ3n) is 6.43. The van der Waals surface area contributed by atoms with Gasteiger partial charge < -0.3 is 19.1 Å². The molecule has 2 aromatic carbocycles. The Bertz CT molecular complexity index is 1290. The summed E-state index contributed by atoms with van der Waals surface area (Å²) in [5, 5.41) is 1.06. The monoisotopic (exact) mass is 414 g/mol. The number of aromatic nitrogens is 1. The molecular weight excluding hydrogens is 392 g/mol. The number of likely N-dealkylation sites (N-methyl/N-ethyl adjacent to an activating group) is 2. The second kappa shape index (κ2) is 6.38. The summed E-state index contributed by atoms with van der Waals surface area (Å²) in [6, 6.07) is 16.2. The van der Waals surface area contributed by atoms with E-state index < -0.39 is 0 Å². The lowest BCUT2D eigenvalue weighted by molar-refractivity contribution is -0.144. The van der Waals surface area contributed by atoms with Gasteiger partial charge in [0.05, 0.1) is 24.3 Å². The number of fused-ring (bicyclic) bond motifs is 5. The molecule has 156 valence electrons. The van der Waals surface area contributed by atoms with Gasteiger partial charge in [-0.25, -0.2) is 0 Å². The number of hydrogen-bond donors (Lipinski definition) is 0. The molecule has 3 aliphatic rings. The number of piperazine rings is 1. The van der Waals surface area contributed by atoms with Crippen LogP contribution in [0, 0.1) is 0 Å². The van der Waals surface area contributed by atoms with Crippen LogP contribution in [0.4, 0.5) is 5.69 Å². The van der Waals surface area contributed by atoms with Crippen molar-refractivity contribution in [1.82, 2.24) is 14.4 Å². The molecule has 7 nitrogen and oxygen atoms in total. The van der Waals surface area contributed by atoms with Crippen molar-refractivity contribution in [2.75, 3.05) is 32.1 Å². The summed E-state index contributed by atoms with van der Waals surface area (Å²) in [5.74, 6) is 0.651. The summed E-state index contributed by atoms with van der Waals surface area (Å²) in [6.07, 6.45) is 1.62. The molecule has 0 bridgehead atoms. The normalized spacial score (nSPS) is 20.3. The lowest BCUT2D eigenvalue weighted by Gasteiger charge is -2.38. The fourth-order valence-electron chi connectivity index (χ4n) is 4.92. The average molecular weight is 414 g/mol. The van der Waals surface area contributed by atoms with Crippen molar-refractivity contribution in [2.45, 2.75) is 12.8 Å². The zero-order valence-electron chi connectivity index (χ0n) is 17.4. The van der Waals surface area contributed by atoms with E-state index in [1.807, 2.05) is 36.4 Å². The van der Waals surface area contributed by atoms with Crippen LogP contribution in [0.25, 0.3) is 17.0 Å². The molecule has 1 unspecified atom stereocenters. The van der Waals surface area contributed by atoms with Crippen molar-refractivity contribution in [2.24, 2.45) is 0 Å². The smallest absolute Gasteiger partial charge is 0.270 e. The van der Waals surface area contributed by atoms with Crippen molar-refractivity contribution >= 4 is 34.5 Å². The zero-order valence-corrected chi connectivity index (χ0v) is 17.4. The Balaban J connectivity index is 1.54. The van der Waals surface area contributed by atoms with Crippen LogP contribution >= 0.6 is 0 Å². The highest BCUT2D eigenvalue weighted by atomic mass is 16.5. The van der Waals surface area contributed by atoms with Gasteiger partial charge in [-0.15, -0.1) is 0 Å². The van der Waals surface area contributed by atoms with E-state index in [1.54, 1.807) is 11.9 Å². The first-order chi connectivity index (χ1) is 15.0. The average Bonchev–Trinajstić information content (AvgIpc) is 3.10. The lowest BCUT2D eigenvalue weighted by Crippen LogP contribution is -2.51. The van der Waals surface area contributed by atoms with Gasteiger partial charge >= 0.3 is 0 Å². The predicted octanol–water partition coefficient (Wildman–Crippen LogP) is 2.82. The number of nitrogens with zero attached hydrogens (tertiary/aromatic N) is 4. The molecule has 4 heterocycles. The molecule has 0 saturated carbocycles. The molecule has 1 aromatic heterocycles. The van der Waals surface area contributed by atoms with E-state index in [0.29, 0.717) is 18.8 Å². The van der Waals surface area contributed by atoms with Gasteiger partial charge in [0.25, 0.3) is 5.91 Å². The third-order valence-corrected chi connectivity index (χ3v) is 6.43. The fraction of sp³-hybridized carbons (Fsp3) is 0.250. The first kappa shape index (κ1) is 18.1. The highest BCUT2D eigenvalue weighted by Crippen LogP contribution is 2.41. The topological polar surface area (TPSA) is 58.0 Å². The Hall–Kier alpha value is -3.74. The van der Waals surface area contributed by atoms with Crippen LogP contribution < -0.4 is 9.64 Å². The van der Waals surface area contributed by atoms with Gasteiger partial charge in [-0.2, -0.15) is 0 Å². The maximum absolute atomic E-state index is 12.8. The second-order valence-electron chi connectivity index (χ2n) is 8.34. The van der Waals surface area contributed by atoms with Crippen LogP contribution in [0.1, 0.15) is 17.5 Å². The van der Waals surface area contributed by atoms with Gasteiger partial charge in [0.1, 0.15) is 18.0 Å². The van der Waals surface area contributed by atoms with E-state index in [0.717, 1.165) is 33.6 Å². The van der Waals surface area contributed by atoms with Crippen LogP contribution in [0.2, 0.25) is 0 Å². The second-order valence-corrected chi connectivity index (χ2v) is 8.34. The Labute approximate surface area is 179 Å². The standard InChI is InChI=1S/C24H22N4O3/c1-25-14-23(31-21-10-6-5-9-18(21)25)28-17-8-4-3-7-15(17)16-11-19-24(30)26(2)13-22(29)27(19)12-20(16)28/h3-11,23H,12-14H2,1-2H3. The van der Waals surface area contributed by atoms with Crippen molar-refractivity contribution in [1.29, 1.82) is 0 Å². The molecular formula is C24H22N4O3. The van der Waals surface area contributed by atoms with E-state index in [4.69, 9.17) is 4.74 Å². The fourth-order valence-corrected chi connectivity index (χ4v) is 4.92. The van der Waals surface area contributed by atoms with Crippen LogP contribution in [-0.2, 0) is 16.1 Å². The highest BCUT2D eigenvalue weighted by Gasteiger charge is 2.39. The van der Waals surface area contributed by atoms with Gasteiger partial charge in [0, 0.05) is 30.7 Å². The van der Waals surface area contributed by atoms with Crippen molar-refractivity contribution in [3.8, 4) is 5.75 Å². The molecule has 3 aliphatic heterocycles. The van der Waals surface area contributed by atoms with Crippen LogP contribution in [0.5, 0.6) is 5.75 Å². The van der Waals surface area contributed by atoms with Gasteiger partial charge in [-0.05, 0) is 24.3 Å². The number of hydrogen-bond acceptors (Lipinski definition) is 4. The van der Waals surface area contributed by atoms with E-state index in [-0.39, 0.29) is 24.6 Å². The first-order valence-electron chi connectivity index (χ1n) is 10.4. The summed E-state index contributed by atoms with van der Waals surface area (Å²) in [5.41, 5.74) is 4.53. The maximum atomic E-state index is 12.8. The van der Waals surface area contributed by atoms with Crippen LogP contribution in [-0.4, -0.2) is 53.4 Å². The summed E-state index contributed by atoms with van der Waals surface area (Å²) >= 11 is 0. The molecule has 7 heteroatoms. The third kappa shape index (κ3) is 2.52. The van der Waals surface area contributed by atoms with E-state index in [1.165, 1.54) is 4.90 Å². The first-order valence-corrected chi connectivity index (χ1v) is 10.4. The van der Waals surface area contributed by atoms with E-state index in [2.05, 4.69) is 34.7 Å². The van der Waals surface area contributed by atoms with Crippen LogP contribution in [0.15, 0.2) is 54.2 Å². The van der Waals surface area contributed by atoms with Gasteiger partial charge in [0.15, 0.2) is 6.23 Å². The molecule has 2 amide bonds. The summed E-state index contributed by atoms with van der Waals surface area (Å²) in [6.45, 7) is 1.13. The number of carbonyl (C=O) groups excluding carboxylic acids is 2. The number of carbonyl (C=O) groups is 2. The van der Waals surface area contributed by atoms with Crippen LogP contribution in [0.3, 0.4) is 0 Å². The Morgan fingerprint density at radius 2 is 1.71 bits per heavy atom. The predicted molar refractivity (Wildman–Crippen MR) is 117 cm³/mol. The molecule has 0 N–H and O–H groups in total. The molecule has 1 saturated heterocycles. The molecule has 0 spiro atoms. The molecule has 0 aliphatic carbocycles. The van der Waals surface area contributed by atoms with Gasteiger partial charge in [-0.3, -0.25) is 14.5 Å².